The highest BCUT2D eigenvalue weighted by Crippen LogP contribution is 2.42. The first kappa shape index (κ1) is 15.0. The average molecular weight is 311 g/mol. The van der Waals surface area contributed by atoms with E-state index in [0.717, 1.165) is 11.1 Å². The van der Waals surface area contributed by atoms with Gasteiger partial charge >= 0.3 is 0 Å². The Bertz CT molecular complexity index is 540. The highest BCUT2D eigenvalue weighted by atomic mass is 35.5. The Morgan fingerprint density at radius 1 is 1.19 bits per heavy atom. The summed E-state index contributed by atoms with van der Waals surface area (Å²) in [6.45, 7) is 7.93. The second kappa shape index (κ2) is 5.38. The molecule has 114 valence electrons. The first-order valence-electron chi connectivity index (χ1n) is 6.90. The van der Waals surface area contributed by atoms with Crippen LogP contribution < -0.4 is 0 Å². The number of halogens is 1. The summed E-state index contributed by atoms with van der Waals surface area (Å²) >= 11 is 5.92. The minimum Gasteiger partial charge on any atom is -0.353 e. The van der Waals surface area contributed by atoms with Crippen LogP contribution in [0.15, 0.2) is 30.8 Å². The predicted molar refractivity (Wildman–Crippen MR) is 80.0 cm³/mol. The van der Waals surface area contributed by atoms with Crippen molar-refractivity contribution in [2.45, 2.75) is 44.2 Å². The molecule has 0 N–H and O–H groups in total. The fourth-order valence-corrected chi connectivity index (χ4v) is 2.99. The lowest BCUT2D eigenvalue weighted by atomic mass is 9.98. The third kappa shape index (κ3) is 2.74. The van der Waals surface area contributed by atoms with Crippen molar-refractivity contribution in [1.82, 2.24) is 0 Å². The summed E-state index contributed by atoms with van der Waals surface area (Å²) in [6, 6.07) is 7.50. The maximum absolute atomic E-state index is 5.97. The van der Waals surface area contributed by atoms with Crippen LogP contribution >= 0.6 is 11.6 Å². The molecule has 21 heavy (non-hydrogen) atoms. The zero-order valence-electron chi connectivity index (χ0n) is 12.3. The van der Waals surface area contributed by atoms with E-state index in [1.165, 1.54) is 0 Å². The molecule has 0 saturated carbocycles. The van der Waals surface area contributed by atoms with Crippen molar-refractivity contribution in [3.63, 3.8) is 0 Å². The van der Waals surface area contributed by atoms with Crippen molar-refractivity contribution >= 4 is 17.2 Å². The van der Waals surface area contributed by atoms with E-state index in [0.29, 0.717) is 5.02 Å². The molecule has 2 aliphatic rings. The van der Waals surface area contributed by atoms with Gasteiger partial charge in [0.2, 0.25) is 0 Å². The Labute approximate surface area is 129 Å². The van der Waals surface area contributed by atoms with Crippen molar-refractivity contribution in [2.24, 2.45) is 0 Å². The van der Waals surface area contributed by atoms with Gasteiger partial charge < -0.3 is 18.9 Å². The number of ether oxygens (including phenoxy) is 4. The Balaban J connectivity index is 1.85. The van der Waals surface area contributed by atoms with Crippen molar-refractivity contribution in [3.8, 4) is 0 Å². The molecule has 0 aliphatic carbocycles. The summed E-state index contributed by atoms with van der Waals surface area (Å²) in [5, 5.41) is 0.688. The van der Waals surface area contributed by atoms with Gasteiger partial charge in [-0.05, 0) is 37.1 Å². The zero-order valence-corrected chi connectivity index (χ0v) is 13.1. The molecule has 4 nitrogen and oxygen atoms in total. The molecule has 2 saturated heterocycles. The summed E-state index contributed by atoms with van der Waals surface area (Å²) in [5.41, 5.74) is 1.80. The quantitative estimate of drug-likeness (QED) is 0.859. The molecule has 0 spiro atoms. The summed E-state index contributed by atoms with van der Waals surface area (Å²) in [4.78, 5) is 0. The monoisotopic (exact) mass is 310 g/mol. The fourth-order valence-electron chi connectivity index (χ4n) is 2.86. The number of fused-ring (bicyclic) bond motifs is 1. The largest absolute Gasteiger partial charge is 0.353 e. The van der Waals surface area contributed by atoms with Gasteiger partial charge in [0.15, 0.2) is 12.1 Å². The number of benzene rings is 1. The molecule has 1 aromatic carbocycles. The van der Waals surface area contributed by atoms with Crippen molar-refractivity contribution in [3.05, 3.63) is 41.4 Å². The van der Waals surface area contributed by atoms with E-state index in [1.807, 2.05) is 38.1 Å². The molecule has 0 radical (unpaired) electrons. The van der Waals surface area contributed by atoms with Gasteiger partial charge in [-0.3, -0.25) is 0 Å². The van der Waals surface area contributed by atoms with Gasteiger partial charge in [0, 0.05) is 12.1 Å². The van der Waals surface area contributed by atoms with Crippen LogP contribution in [0.3, 0.4) is 0 Å². The Kier molecular flexibility index (Phi) is 3.84. The van der Waals surface area contributed by atoms with E-state index in [4.69, 9.17) is 30.5 Å². The van der Waals surface area contributed by atoms with Gasteiger partial charge in [-0.15, -0.1) is 0 Å². The van der Waals surface area contributed by atoms with Crippen molar-refractivity contribution < 1.29 is 18.9 Å². The van der Waals surface area contributed by atoms with E-state index in [2.05, 4.69) is 6.58 Å². The topological polar surface area (TPSA) is 36.9 Å². The summed E-state index contributed by atoms with van der Waals surface area (Å²) in [7, 11) is 1.60. The average Bonchev–Trinajstić information content (AvgIpc) is 2.91. The van der Waals surface area contributed by atoms with Crippen LogP contribution in [0, 0.1) is 0 Å². The lowest BCUT2D eigenvalue weighted by molar-refractivity contribution is -0.220. The highest BCUT2D eigenvalue weighted by Gasteiger charge is 2.56. The SMILES string of the molecule is C=C(c1ccc(Cl)cc1)[C@H]1OC(OC)[C@@H]2OC(C)(C)O[C@H]12. The Morgan fingerprint density at radius 3 is 2.43 bits per heavy atom. The molecule has 2 heterocycles. The standard InChI is InChI=1S/C16H19ClO4/c1-9(10-5-7-11(17)8-6-10)12-13-14(15(18-4)19-12)21-16(2,3)20-13/h5-8,12-15H,1H2,2-4H3/t12-,13-,14-,15?/m1/s1. The van der Waals surface area contributed by atoms with Crippen LogP contribution in [-0.2, 0) is 18.9 Å². The summed E-state index contributed by atoms with van der Waals surface area (Å²) < 4.78 is 23.1. The predicted octanol–water partition coefficient (Wildman–Crippen LogP) is 3.24. The molecule has 0 bridgehead atoms. The first-order chi connectivity index (χ1) is 9.91. The molecule has 2 aliphatic heterocycles. The lowest BCUT2D eigenvalue weighted by Gasteiger charge is -2.24. The van der Waals surface area contributed by atoms with Crippen LogP contribution in [0.5, 0.6) is 0 Å². The highest BCUT2D eigenvalue weighted by molar-refractivity contribution is 6.30. The molecular formula is C16H19ClO4. The molecule has 0 aromatic heterocycles. The molecule has 3 rings (SSSR count). The maximum Gasteiger partial charge on any atom is 0.187 e. The second-order valence-electron chi connectivity index (χ2n) is 5.76. The third-order valence-corrected chi connectivity index (χ3v) is 4.05. The lowest BCUT2D eigenvalue weighted by Crippen LogP contribution is -2.30. The molecule has 0 amide bonds. The molecule has 5 heteroatoms. The summed E-state index contributed by atoms with van der Waals surface area (Å²) in [6.07, 6.45) is -1.24. The minimum atomic E-state index is -0.644. The number of methoxy groups -OCH3 is 1. The van der Waals surface area contributed by atoms with Crippen LogP contribution in [-0.4, -0.2) is 37.5 Å². The number of rotatable bonds is 3. The van der Waals surface area contributed by atoms with Crippen LogP contribution in [0.4, 0.5) is 0 Å². The molecule has 1 aromatic rings. The van der Waals surface area contributed by atoms with Gasteiger partial charge in [-0.25, -0.2) is 0 Å². The summed E-state index contributed by atoms with van der Waals surface area (Å²) in [5.74, 6) is -0.644. The molecular weight excluding hydrogens is 292 g/mol. The zero-order chi connectivity index (χ0) is 15.2. The number of hydrogen-bond donors (Lipinski definition) is 0. The maximum atomic E-state index is 5.97. The second-order valence-corrected chi connectivity index (χ2v) is 6.19. The molecule has 1 unspecified atom stereocenters. The molecule has 2 fully saturated rings. The molecule has 4 atom stereocenters. The van der Waals surface area contributed by atoms with Crippen LogP contribution in [0.1, 0.15) is 19.4 Å². The van der Waals surface area contributed by atoms with Gasteiger partial charge in [-0.1, -0.05) is 30.3 Å². The van der Waals surface area contributed by atoms with Gasteiger partial charge in [0.25, 0.3) is 0 Å². The number of hydrogen-bond acceptors (Lipinski definition) is 4. The van der Waals surface area contributed by atoms with E-state index in [1.54, 1.807) is 7.11 Å². The van der Waals surface area contributed by atoms with E-state index in [9.17, 15) is 0 Å². The van der Waals surface area contributed by atoms with E-state index < -0.39 is 12.1 Å². The normalized spacial score (nSPS) is 33.9. The van der Waals surface area contributed by atoms with Gasteiger partial charge in [0.05, 0.1) is 0 Å². The third-order valence-electron chi connectivity index (χ3n) is 3.80. The van der Waals surface area contributed by atoms with E-state index in [-0.39, 0.29) is 18.3 Å². The van der Waals surface area contributed by atoms with Crippen LogP contribution in [0.2, 0.25) is 5.02 Å². The van der Waals surface area contributed by atoms with Gasteiger partial charge in [-0.2, -0.15) is 0 Å². The van der Waals surface area contributed by atoms with Crippen molar-refractivity contribution in [1.29, 1.82) is 0 Å². The fraction of sp³-hybridized carbons (Fsp3) is 0.500. The Morgan fingerprint density at radius 2 is 1.81 bits per heavy atom. The van der Waals surface area contributed by atoms with E-state index >= 15 is 0 Å². The van der Waals surface area contributed by atoms with Crippen LogP contribution in [0.25, 0.3) is 5.57 Å². The Hall–Kier alpha value is -0.910. The van der Waals surface area contributed by atoms with Crippen molar-refractivity contribution in [2.75, 3.05) is 7.11 Å². The smallest absolute Gasteiger partial charge is 0.187 e. The first-order valence-corrected chi connectivity index (χ1v) is 7.28. The van der Waals surface area contributed by atoms with Gasteiger partial charge in [0.1, 0.15) is 18.3 Å². The minimum absolute atomic E-state index is 0.229.